The van der Waals surface area contributed by atoms with Crippen molar-refractivity contribution in [3.63, 3.8) is 0 Å². The van der Waals surface area contributed by atoms with E-state index in [1.807, 2.05) is 24.3 Å². The first-order chi connectivity index (χ1) is 10.2. The molecular formula is C16H12ClN3O. The minimum atomic E-state index is 0.468. The van der Waals surface area contributed by atoms with E-state index in [9.17, 15) is 0 Å². The maximum atomic E-state index is 6.24. The van der Waals surface area contributed by atoms with Crippen LogP contribution in [0.2, 0.25) is 5.02 Å². The molecule has 0 fully saturated rings. The standard InChI is InChI=1S/C16H12ClN3O/c17-14-6-5-12(21-16-3-1-2-8-19-16)9-13(14)11-4-7-15(18)20-10-11/h1-10H,(H2,18,20). The zero-order valence-corrected chi connectivity index (χ0v) is 11.8. The van der Waals surface area contributed by atoms with Gasteiger partial charge in [0.15, 0.2) is 0 Å². The Kier molecular flexibility index (Phi) is 3.71. The third kappa shape index (κ3) is 3.12. The van der Waals surface area contributed by atoms with E-state index in [4.69, 9.17) is 22.1 Å². The molecule has 4 nitrogen and oxygen atoms in total. The lowest BCUT2D eigenvalue weighted by Crippen LogP contribution is -1.91. The third-order valence-electron chi connectivity index (χ3n) is 2.90. The van der Waals surface area contributed by atoms with E-state index >= 15 is 0 Å². The molecule has 0 unspecified atom stereocenters. The summed E-state index contributed by atoms with van der Waals surface area (Å²) in [5, 5.41) is 0.620. The lowest BCUT2D eigenvalue weighted by atomic mass is 10.1. The number of pyridine rings is 2. The Labute approximate surface area is 127 Å². The van der Waals surface area contributed by atoms with E-state index in [1.165, 1.54) is 0 Å². The molecule has 0 saturated carbocycles. The Morgan fingerprint density at radius 1 is 1.00 bits per heavy atom. The minimum absolute atomic E-state index is 0.468. The predicted octanol–water partition coefficient (Wildman–Crippen LogP) is 4.17. The number of ether oxygens (including phenoxy) is 1. The monoisotopic (exact) mass is 297 g/mol. The molecule has 104 valence electrons. The fourth-order valence-corrected chi connectivity index (χ4v) is 2.11. The van der Waals surface area contributed by atoms with Gasteiger partial charge in [0.1, 0.15) is 11.6 Å². The van der Waals surface area contributed by atoms with Gasteiger partial charge in [-0.15, -0.1) is 0 Å². The number of nitrogen functional groups attached to an aromatic ring is 1. The summed E-state index contributed by atoms with van der Waals surface area (Å²) >= 11 is 6.24. The van der Waals surface area contributed by atoms with Crippen molar-refractivity contribution < 1.29 is 4.74 Å². The summed E-state index contributed by atoms with van der Waals surface area (Å²) in [4.78, 5) is 8.20. The lowest BCUT2D eigenvalue weighted by molar-refractivity contribution is 0.463. The number of halogens is 1. The van der Waals surface area contributed by atoms with Crippen molar-refractivity contribution in [3.8, 4) is 22.8 Å². The topological polar surface area (TPSA) is 61.0 Å². The number of anilines is 1. The van der Waals surface area contributed by atoms with Crippen molar-refractivity contribution >= 4 is 17.4 Å². The van der Waals surface area contributed by atoms with Crippen molar-refractivity contribution in [1.82, 2.24) is 9.97 Å². The summed E-state index contributed by atoms with van der Waals surface area (Å²) < 4.78 is 5.70. The van der Waals surface area contributed by atoms with Gasteiger partial charge < -0.3 is 10.5 Å². The Morgan fingerprint density at radius 2 is 1.90 bits per heavy atom. The minimum Gasteiger partial charge on any atom is -0.439 e. The molecule has 2 heterocycles. The van der Waals surface area contributed by atoms with Gasteiger partial charge in [0, 0.05) is 34.6 Å². The number of aromatic nitrogens is 2. The van der Waals surface area contributed by atoms with Crippen LogP contribution in [0.25, 0.3) is 11.1 Å². The smallest absolute Gasteiger partial charge is 0.219 e. The van der Waals surface area contributed by atoms with Crippen LogP contribution < -0.4 is 10.5 Å². The van der Waals surface area contributed by atoms with Gasteiger partial charge in [-0.2, -0.15) is 0 Å². The summed E-state index contributed by atoms with van der Waals surface area (Å²) in [5.74, 6) is 1.65. The first-order valence-electron chi connectivity index (χ1n) is 6.33. The highest BCUT2D eigenvalue weighted by Crippen LogP contribution is 2.32. The molecule has 5 heteroatoms. The number of nitrogens with two attached hydrogens (primary N) is 1. The average Bonchev–Trinajstić information content (AvgIpc) is 2.51. The summed E-state index contributed by atoms with van der Waals surface area (Å²) in [5.41, 5.74) is 7.30. The third-order valence-corrected chi connectivity index (χ3v) is 3.22. The van der Waals surface area contributed by atoms with Crippen molar-refractivity contribution in [3.05, 3.63) is 65.9 Å². The van der Waals surface area contributed by atoms with E-state index in [0.29, 0.717) is 22.5 Å². The summed E-state index contributed by atoms with van der Waals surface area (Å²) in [7, 11) is 0. The molecule has 0 aliphatic carbocycles. The first kappa shape index (κ1) is 13.4. The lowest BCUT2D eigenvalue weighted by Gasteiger charge is -2.09. The van der Waals surface area contributed by atoms with Crippen molar-refractivity contribution in [1.29, 1.82) is 0 Å². The summed E-state index contributed by atoms with van der Waals surface area (Å²) in [6.07, 6.45) is 3.36. The molecule has 0 bridgehead atoms. The van der Waals surface area contributed by atoms with Crippen LogP contribution in [0.3, 0.4) is 0 Å². The highest BCUT2D eigenvalue weighted by Gasteiger charge is 2.07. The van der Waals surface area contributed by atoms with E-state index < -0.39 is 0 Å². The van der Waals surface area contributed by atoms with Crippen LogP contribution in [0.1, 0.15) is 0 Å². The molecule has 0 radical (unpaired) electrons. The molecule has 0 aliphatic rings. The quantitative estimate of drug-likeness (QED) is 0.788. The first-order valence-corrected chi connectivity index (χ1v) is 6.70. The van der Waals surface area contributed by atoms with Gasteiger partial charge in [-0.05, 0) is 36.4 Å². The zero-order chi connectivity index (χ0) is 14.7. The number of rotatable bonds is 3. The Balaban J connectivity index is 1.94. The maximum Gasteiger partial charge on any atom is 0.219 e. The van der Waals surface area contributed by atoms with Crippen LogP contribution in [0.5, 0.6) is 11.6 Å². The largest absolute Gasteiger partial charge is 0.439 e. The zero-order valence-electron chi connectivity index (χ0n) is 11.0. The van der Waals surface area contributed by atoms with Gasteiger partial charge in [0.25, 0.3) is 0 Å². The molecule has 3 aromatic rings. The normalized spacial score (nSPS) is 10.3. The number of hydrogen-bond acceptors (Lipinski definition) is 4. The van der Waals surface area contributed by atoms with Gasteiger partial charge in [0.2, 0.25) is 5.88 Å². The number of nitrogens with zero attached hydrogens (tertiary/aromatic N) is 2. The van der Waals surface area contributed by atoms with Crippen molar-refractivity contribution in [2.75, 3.05) is 5.73 Å². The van der Waals surface area contributed by atoms with Crippen LogP contribution >= 0.6 is 11.6 Å². The highest BCUT2D eigenvalue weighted by atomic mass is 35.5. The van der Waals surface area contributed by atoms with Gasteiger partial charge in [0.05, 0.1) is 0 Å². The fourth-order valence-electron chi connectivity index (χ4n) is 1.88. The SMILES string of the molecule is Nc1ccc(-c2cc(Oc3ccccn3)ccc2Cl)cn1. The fraction of sp³-hybridized carbons (Fsp3) is 0. The predicted molar refractivity (Wildman–Crippen MR) is 83.4 cm³/mol. The second kappa shape index (κ2) is 5.81. The van der Waals surface area contributed by atoms with E-state index in [0.717, 1.165) is 11.1 Å². The summed E-state index contributed by atoms with van der Waals surface area (Å²) in [6.45, 7) is 0. The molecule has 0 spiro atoms. The molecular weight excluding hydrogens is 286 g/mol. The molecule has 3 rings (SSSR count). The van der Waals surface area contributed by atoms with Gasteiger partial charge >= 0.3 is 0 Å². The van der Waals surface area contributed by atoms with Gasteiger partial charge in [-0.1, -0.05) is 17.7 Å². The van der Waals surface area contributed by atoms with Crippen molar-refractivity contribution in [2.45, 2.75) is 0 Å². The second-order valence-electron chi connectivity index (χ2n) is 4.38. The Morgan fingerprint density at radius 3 is 2.62 bits per heavy atom. The van der Waals surface area contributed by atoms with E-state index in [-0.39, 0.29) is 0 Å². The van der Waals surface area contributed by atoms with Gasteiger partial charge in [-0.25, -0.2) is 9.97 Å². The van der Waals surface area contributed by atoms with Crippen molar-refractivity contribution in [2.24, 2.45) is 0 Å². The van der Waals surface area contributed by atoms with Gasteiger partial charge in [-0.3, -0.25) is 0 Å². The second-order valence-corrected chi connectivity index (χ2v) is 4.79. The van der Waals surface area contributed by atoms with E-state index in [1.54, 1.807) is 36.7 Å². The van der Waals surface area contributed by atoms with E-state index in [2.05, 4.69) is 9.97 Å². The molecule has 1 aromatic carbocycles. The average molecular weight is 298 g/mol. The molecule has 0 aliphatic heterocycles. The number of benzene rings is 1. The van der Waals surface area contributed by atoms with Crippen LogP contribution in [-0.4, -0.2) is 9.97 Å². The molecule has 2 aromatic heterocycles. The molecule has 0 amide bonds. The molecule has 0 saturated heterocycles. The highest BCUT2D eigenvalue weighted by molar-refractivity contribution is 6.33. The van der Waals surface area contributed by atoms with Crippen LogP contribution in [-0.2, 0) is 0 Å². The Hall–Kier alpha value is -2.59. The molecule has 2 N–H and O–H groups in total. The molecule has 0 atom stereocenters. The van der Waals surface area contributed by atoms with Crippen LogP contribution in [0.15, 0.2) is 60.9 Å². The summed E-state index contributed by atoms with van der Waals surface area (Å²) in [6, 6.07) is 14.5. The Bertz CT molecular complexity index is 745. The molecule has 21 heavy (non-hydrogen) atoms. The van der Waals surface area contributed by atoms with Crippen LogP contribution in [0.4, 0.5) is 5.82 Å². The number of hydrogen-bond donors (Lipinski definition) is 1. The maximum absolute atomic E-state index is 6.24. The van der Waals surface area contributed by atoms with Crippen LogP contribution in [0, 0.1) is 0 Å².